The van der Waals surface area contributed by atoms with E-state index < -0.39 is 5.97 Å². The smallest absolute Gasteiger partial charge is 0.351 e. The van der Waals surface area contributed by atoms with Gasteiger partial charge in [0.15, 0.2) is 5.57 Å². The fraction of sp³-hybridized carbons (Fsp3) is 0.286. The Morgan fingerprint density at radius 2 is 2.00 bits per heavy atom. The Hall–Kier alpha value is -2.28. The molecule has 18 heavy (non-hydrogen) atoms. The van der Waals surface area contributed by atoms with E-state index in [-0.39, 0.29) is 12.2 Å². The Morgan fingerprint density at radius 3 is 2.44 bits per heavy atom. The van der Waals surface area contributed by atoms with Gasteiger partial charge in [0.05, 0.1) is 12.3 Å². The minimum absolute atomic E-state index is 0.0109. The van der Waals surface area contributed by atoms with Crippen LogP contribution in [0, 0.1) is 18.3 Å². The summed E-state index contributed by atoms with van der Waals surface area (Å²) in [6, 6.07) is 9.46. The quantitative estimate of drug-likeness (QED) is 0.500. The van der Waals surface area contributed by atoms with E-state index >= 15 is 0 Å². The molecule has 0 radical (unpaired) electrons. The van der Waals surface area contributed by atoms with Crippen LogP contribution in [0.15, 0.2) is 29.8 Å². The van der Waals surface area contributed by atoms with Crippen molar-refractivity contribution in [3.05, 3.63) is 41.0 Å². The maximum atomic E-state index is 11.7. The second-order valence-electron chi connectivity index (χ2n) is 3.70. The highest BCUT2D eigenvalue weighted by atomic mass is 16.5. The van der Waals surface area contributed by atoms with Gasteiger partial charge in [0.1, 0.15) is 6.07 Å². The summed E-state index contributed by atoms with van der Waals surface area (Å²) in [7, 11) is 1.67. The summed E-state index contributed by atoms with van der Waals surface area (Å²) < 4.78 is 4.86. The number of carbonyl (C=O) groups excluding carboxylic acids is 1. The topological polar surface area (TPSA) is 62.1 Å². The first kappa shape index (κ1) is 13.8. The largest absolute Gasteiger partial charge is 0.462 e. The van der Waals surface area contributed by atoms with Crippen molar-refractivity contribution in [3.63, 3.8) is 0 Å². The van der Waals surface area contributed by atoms with Crippen LogP contribution < -0.4 is 5.32 Å². The molecule has 0 atom stereocenters. The number of aryl methyl sites for hydroxylation is 1. The van der Waals surface area contributed by atoms with Crippen molar-refractivity contribution in [1.82, 2.24) is 5.32 Å². The van der Waals surface area contributed by atoms with Gasteiger partial charge in [-0.1, -0.05) is 29.8 Å². The van der Waals surface area contributed by atoms with Crippen LogP contribution in [-0.4, -0.2) is 19.6 Å². The molecule has 0 unspecified atom stereocenters. The first-order valence-electron chi connectivity index (χ1n) is 5.70. The number of carbonyl (C=O) groups is 1. The van der Waals surface area contributed by atoms with Crippen LogP contribution in [0.2, 0.25) is 0 Å². The maximum absolute atomic E-state index is 11.7. The highest BCUT2D eigenvalue weighted by Gasteiger charge is 2.17. The van der Waals surface area contributed by atoms with Crippen LogP contribution in [0.3, 0.4) is 0 Å². The third-order valence-corrected chi connectivity index (χ3v) is 2.43. The summed E-state index contributed by atoms with van der Waals surface area (Å²) in [5.41, 5.74) is 2.37. The van der Waals surface area contributed by atoms with E-state index in [1.165, 1.54) is 0 Å². The van der Waals surface area contributed by atoms with Gasteiger partial charge in [-0.3, -0.25) is 0 Å². The number of nitrogens with one attached hydrogen (secondary N) is 1. The van der Waals surface area contributed by atoms with Crippen molar-refractivity contribution < 1.29 is 9.53 Å². The molecule has 0 aromatic heterocycles. The number of hydrogen-bond acceptors (Lipinski definition) is 4. The lowest BCUT2D eigenvalue weighted by Gasteiger charge is -2.10. The van der Waals surface area contributed by atoms with Gasteiger partial charge < -0.3 is 10.1 Å². The molecule has 0 amide bonds. The van der Waals surface area contributed by atoms with E-state index in [1.54, 1.807) is 14.0 Å². The molecule has 1 N–H and O–H groups in total. The normalized spacial score (nSPS) is 11.2. The summed E-state index contributed by atoms with van der Waals surface area (Å²) in [6.45, 7) is 3.93. The molecule has 1 aromatic carbocycles. The van der Waals surface area contributed by atoms with Crippen LogP contribution in [0.25, 0.3) is 5.70 Å². The lowest BCUT2D eigenvalue weighted by Crippen LogP contribution is -2.15. The molecule has 0 fully saturated rings. The first-order valence-corrected chi connectivity index (χ1v) is 5.70. The fourth-order valence-corrected chi connectivity index (χ4v) is 1.54. The van der Waals surface area contributed by atoms with Crippen LogP contribution in [0.4, 0.5) is 0 Å². The van der Waals surface area contributed by atoms with Gasteiger partial charge in [-0.05, 0) is 19.4 Å². The van der Waals surface area contributed by atoms with E-state index in [0.717, 1.165) is 11.1 Å². The SMILES string of the molecule is CCOC(=O)/C(C#N)=C(\NC)c1ccc(C)cc1. The molecule has 0 saturated carbocycles. The molecular weight excluding hydrogens is 228 g/mol. The number of nitrogens with zero attached hydrogens (tertiary/aromatic N) is 1. The minimum Gasteiger partial charge on any atom is -0.462 e. The third kappa shape index (κ3) is 3.11. The number of benzene rings is 1. The predicted molar refractivity (Wildman–Crippen MR) is 69.4 cm³/mol. The standard InChI is InChI=1S/C14H16N2O2/c1-4-18-14(17)12(9-15)13(16-3)11-7-5-10(2)6-8-11/h5-8,16H,4H2,1-3H3/b13-12-. The fourth-order valence-electron chi connectivity index (χ4n) is 1.54. The zero-order valence-corrected chi connectivity index (χ0v) is 10.8. The number of esters is 1. The Kier molecular flexibility index (Phi) is 4.94. The van der Waals surface area contributed by atoms with Crippen LogP contribution in [0.5, 0.6) is 0 Å². The Morgan fingerprint density at radius 1 is 1.39 bits per heavy atom. The van der Waals surface area contributed by atoms with Crippen molar-refractivity contribution in [2.24, 2.45) is 0 Å². The zero-order valence-electron chi connectivity index (χ0n) is 10.8. The van der Waals surface area contributed by atoms with Crippen molar-refractivity contribution in [3.8, 4) is 6.07 Å². The lowest BCUT2D eigenvalue weighted by atomic mass is 10.1. The molecule has 0 aliphatic heterocycles. The van der Waals surface area contributed by atoms with Gasteiger partial charge in [-0.25, -0.2) is 4.79 Å². The number of rotatable bonds is 4. The number of nitriles is 1. The molecule has 4 nitrogen and oxygen atoms in total. The monoisotopic (exact) mass is 244 g/mol. The van der Waals surface area contributed by atoms with Crippen molar-refractivity contribution in [2.75, 3.05) is 13.7 Å². The molecular formula is C14H16N2O2. The lowest BCUT2D eigenvalue weighted by molar-refractivity contribution is -0.137. The maximum Gasteiger partial charge on any atom is 0.351 e. The second-order valence-corrected chi connectivity index (χ2v) is 3.70. The molecule has 1 aromatic rings. The first-order chi connectivity index (χ1) is 8.63. The molecule has 0 aliphatic rings. The van der Waals surface area contributed by atoms with Crippen LogP contribution in [0.1, 0.15) is 18.1 Å². The van der Waals surface area contributed by atoms with Crippen LogP contribution in [-0.2, 0) is 9.53 Å². The molecule has 94 valence electrons. The number of hydrogen-bond donors (Lipinski definition) is 1. The van der Waals surface area contributed by atoms with Gasteiger partial charge in [-0.2, -0.15) is 5.26 Å². The summed E-state index contributed by atoms with van der Waals surface area (Å²) in [4.78, 5) is 11.7. The van der Waals surface area contributed by atoms with E-state index in [0.29, 0.717) is 5.70 Å². The minimum atomic E-state index is -0.607. The summed E-state index contributed by atoms with van der Waals surface area (Å²) >= 11 is 0. The highest BCUT2D eigenvalue weighted by molar-refractivity contribution is 6.01. The second kappa shape index (κ2) is 6.45. The average Bonchev–Trinajstić information content (AvgIpc) is 2.37. The number of ether oxygens (including phenoxy) is 1. The average molecular weight is 244 g/mol. The summed E-state index contributed by atoms with van der Waals surface area (Å²) in [5.74, 6) is -0.607. The van der Waals surface area contributed by atoms with Gasteiger partial charge in [0.25, 0.3) is 0 Å². The Labute approximate surface area is 107 Å². The molecule has 0 spiro atoms. The van der Waals surface area contributed by atoms with Crippen molar-refractivity contribution in [1.29, 1.82) is 5.26 Å². The Bertz CT molecular complexity index is 496. The van der Waals surface area contributed by atoms with E-state index in [9.17, 15) is 4.79 Å². The molecule has 1 rings (SSSR count). The molecule has 0 saturated heterocycles. The summed E-state index contributed by atoms with van der Waals surface area (Å²) in [5, 5.41) is 12.0. The van der Waals surface area contributed by atoms with Gasteiger partial charge in [-0.15, -0.1) is 0 Å². The molecule has 0 bridgehead atoms. The van der Waals surface area contributed by atoms with E-state index in [2.05, 4.69) is 5.32 Å². The van der Waals surface area contributed by atoms with Gasteiger partial charge >= 0.3 is 5.97 Å². The van der Waals surface area contributed by atoms with E-state index in [4.69, 9.17) is 10.00 Å². The Balaban J connectivity index is 3.24. The van der Waals surface area contributed by atoms with E-state index in [1.807, 2.05) is 37.3 Å². The van der Waals surface area contributed by atoms with Crippen LogP contribution >= 0.6 is 0 Å². The van der Waals surface area contributed by atoms with Crippen molar-refractivity contribution >= 4 is 11.7 Å². The summed E-state index contributed by atoms with van der Waals surface area (Å²) in [6.07, 6.45) is 0. The van der Waals surface area contributed by atoms with Gasteiger partial charge in [0.2, 0.25) is 0 Å². The molecule has 0 aliphatic carbocycles. The third-order valence-electron chi connectivity index (χ3n) is 2.43. The van der Waals surface area contributed by atoms with Gasteiger partial charge in [0, 0.05) is 7.05 Å². The predicted octanol–water partition coefficient (Wildman–Crippen LogP) is 2.01. The zero-order chi connectivity index (χ0) is 13.5. The molecule has 0 heterocycles. The van der Waals surface area contributed by atoms with Crippen molar-refractivity contribution in [2.45, 2.75) is 13.8 Å². The highest BCUT2D eigenvalue weighted by Crippen LogP contribution is 2.17. The molecule has 4 heteroatoms.